The van der Waals surface area contributed by atoms with E-state index >= 15 is 0 Å². The minimum Gasteiger partial charge on any atom is -0.502 e. The van der Waals surface area contributed by atoms with E-state index in [2.05, 4.69) is 0 Å². The highest BCUT2D eigenvalue weighted by Crippen LogP contribution is 2.31. The van der Waals surface area contributed by atoms with Crippen LogP contribution in [-0.4, -0.2) is 10.0 Å². The largest absolute Gasteiger partial charge is 0.502 e. The maximum Gasteiger partial charge on any atom is 0.485 e. The van der Waals surface area contributed by atoms with Crippen LogP contribution in [0.5, 0.6) is 5.75 Å². The first-order chi connectivity index (χ1) is 6.18. The molecule has 0 amide bonds. The molecule has 0 aliphatic carbocycles. The molecule has 0 fully saturated rings. The van der Waals surface area contributed by atoms with Gasteiger partial charge in [-0.3, -0.25) is 18.9 Å². The van der Waals surface area contributed by atoms with Gasteiger partial charge < -0.3 is 5.11 Å². The van der Waals surface area contributed by atoms with Gasteiger partial charge in [-0.05, 0) is 0 Å². The molecule has 0 atom stereocenters. The Morgan fingerprint density at radius 2 is 2.31 bits per heavy atom. The standard InChI is InChI=1S/C7H3NO5/c9-5-2-7-6(12-3-13-7)1-4(5)8(10)11/h1-3H/p+1. The Morgan fingerprint density at radius 3 is 3.00 bits per heavy atom. The lowest BCUT2D eigenvalue weighted by atomic mass is 10.3. The molecule has 13 heavy (non-hydrogen) atoms. The van der Waals surface area contributed by atoms with Crippen LogP contribution in [-0.2, 0) is 0 Å². The van der Waals surface area contributed by atoms with Gasteiger partial charge in [-0.1, -0.05) is 0 Å². The fourth-order valence-corrected chi connectivity index (χ4v) is 0.997. The van der Waals surface area contributed by atoms with Crippen LogP contribution in [0.25, 0.3) is 11.2 Å². The summed E-state index contributed by atoms with van der Waals surface area (Å²) in [6, 6.07) is 2.24. The van der Waals surface area contributed by atoms with Crippen molar-refractivity contribution in [3.63, 3.8) is 0 Å². The van der Waals surface area contributed by atoms with Crippen LogP contribution in [0, 0.1) is 10.1 Å². The summed E-state index contributed by atoms with van der Waals surface area (Å²) in [6.07, 6.45) is 0. The van der Waals surface area contributed by atoms with Crippen LogP contribution in [0.15, 0.2) is 27.4 Å². The second kappa shape index (κ2) is 2.44. The van der Waals surface area contributed by atoms with E-state index < -0.39 is 16.4 Å². The Kier molecular flexibility index (Phi) is 1.42. The molecule has 0 spiro atoms. The smallest absolute Gasteiger partial charge is 0.485 e. The van der Waals surface area contributed by atoms with Crippen molar-refractivity contribution in [3.8, 4) is 5.75 Å². The first kappa shape index (κ1) is 7.53. The fraction of sp³-hybridized carbons (Fsp3) is 0. The Morgan fingerprint density at radius 1 is 1.54 bits per heavy atom. The van der Waals surface area contributed by atoms with Crippen molar-refractivity contribution in [2.45, 2.75) is 0 Å². The minimum atomic E-state index is -0.697. The van der Waals surface area contributed by atoms with E-state index in [1.165, 1.54) is 0 Å². The number of aromatic hydroxyl groups is 1. The number of phenolic OH excluding ortho intramolecular Hbond substituents is 1. The zero-order chi connectivity index (χ0) is 9.42. The maximum absolute atomic E-state index is 10.4. The van der Waals surface area contributed by atoms with Crippen LogP contribution in [0.4, 0.5) is 5.69 Å². The summed E-state index contributed by atoms with van der Waals surface area (Å²) in [6.45, 7) is 1.04. The van der Waals surface area contributed by atoms with Gasteiger partial charge in [0, 0.05) is 0 Å². The molecule has 2 aromatic rings. The van der Waals surface area contributed by atoms with Gasteiger partial charge in [-0.2, -0.15) is 0 Å². The van der Waals surface area contributed by atoms with E-state index in [-0.39, 0.29) is 11.2 Å². The van der Waals surface area contributed by atoms with Gasteiger partial charge in [0.1, 0.15) is 6.07 Å². The number of hydrogen-bond acceptors (Lipinski definition) is 4. The molecular formula is C7H4NO5+. The van der Waals surface area contributed by atoms with Crippen molar-refractivity contribution < 1.29 is 18.9 Å². The SMILES string of the molecule is O=[N+]([O-])c1cc2oc[o+]c2cc1O. The molecule has 0 aliphatic heterocycles. The summed E-state index contributed by atoms with van der Waals surface area (Å²) in [4.78, 5) is 9.66. The predicted molar refractivity (Wildman–Crippen MR) is 41.2 cm³/mol. The molecule has 1 N–H and O–H groups in total. The van der Waals surface area contributed by atoms with Crippen molar-refractivity contribution in [2.75, 3.05) is 0 Å². The van der Waals surface area contributed by atoms with Gasteiger partial charge in [0.2, 0.25) is 5.75 Å². The van der Waals surface area contributed by atoms with Gasteiger partial charge >= 0.3 is 23.3 Å². The molecule has 1 aromatic carbocycles. The van der Waals surface area contributed by atoms with Crippen molar-refractivity contribution >= 4 is 16.9 Å². The molecule has 0 unspecified atom stereocenters. The lowest BCUT2D eigenvalue weighted by Crippen LogP contribution is -1.87. The van der Waals surface area contributed by atoms with E-state index in [1.54, 1.807) is 0 Å². The third-order valence-corrected chi connectivity index (χ3v) is 1.59. The highest BCUT2D eigenvalue weighted by atomic mass is 16.6. The van der Waals surface area contributed by atoms with Crippen molar-refractivity contribution in [1.82, 2.24) is 0 Å². The molecule has 1 aromatic heterocycles. The molecule has 6 nitrogen and oxygen atoms in total. The molecule has 2 rings (SSSR count). The lowest BCUT2D eigenvalue weighted by molar-refractivity contribution is -0.385. The average molecular weight is 182 g/mol. The molecule has 0 radical (unpaired) electrons. The van der Waals surface area contributed by atoms with Crippen molar-refractivity contribution in [1.29, 1.82) is 0 Å². The molecular weight excluding hydrogens is 178 g/mol. The molecule has 0 bridgehead atoms. The third-order valence-electron chi connectivity index (χ3n) is 1.59. The quantitative estimate of drug-likeness (QED) is 0.413. The molecule has 0 saturated heterocycles. The fourth-order valence-electron chi connectivity index (χ4n) is 0.997. The second-order valence-corrected chi connectivity index (χ2v) is 2.38. The van der Waals surface area contributed by atoms with E-state index in [4.69, 9.17) is 13.9 Å². The first-order valence-electron chi connectivity index (χ1n) is 3.35. The number of phenols is 1. The normalized spacial score (nSPS) is 10.5. The molecule has 66 valence electrons. The van der Waals surface area contributed by atoms with Crippen LogP contribution < -0.4 is 0 Å². The summed E-state index contributed by atoms with van der Waals surface area (Å²) >= 11 is 0. The average Bonchev–Trinajstić information content (AvgIpc) is 2.48. The van der Waals surface area contributed by atoms with E-state index in [0.717, 1.165) is 18.6 Å². The summed E-state index contributed by atoms with van der Waals surface area (Å²) < 4.78 is 9.57. The third kappa shape index (κ3) is 1.08. The van der Waals surface area contributed by atoms with Gasteiger partial charge in [-0.15, -0.1) is 0 Å². The van der Waals surface area contributed by atoms with Crippen LogP contribution in [0.3, 0.4) is 0 Å². The molecule has 0 aliphatic rings. The van der Waals surface area contributed by atoms with Crippen molar-refractivity contribution in [2.24, 2.45) is 0 Å². The van der Waals surface area contributed by atoms with Crippen LogP contribution >= 0.6 is 0 Å². The number of nitrogens with zero attached hydrogens (tertiary/aromatic N) is 1. The number of nitro benzene ring substituents is 1. The Bertz CT molecular complexity index is 475. The van der Waals surface area contributed by atoms with E-state index in [0.29, 0.717) is 0 Å². The minimum absolute atomic E-state index is 0.226. The molecule has 1 heterocycles. The summed E-state index contributed by atoms with van der Waals surface area (Å²) in [5, 5.41) is 19.5. The zero-order valence-electron chi connectivity index (χ0n) is 6.26. The monoisotopic (exact) mass is 182 g/mol. The van der Waals surface area contributed by atoms with Gasteiger partial charge in [-0.25, -0.2) is 0 Å². The Hall–Kier alpha value is -2.11. The zero-order valence-corrected chi connectivity index (χ0v) is 6.26. The molecule has 0 saturated carbocycles. The van der Waals surface area contributed by atoms with E-state index in [1.807, 2.05) is 0 Å². The molecule has 6 heteroatoms. The topological polar surface area (TPSA) is 87.8 Å². The second-order valence-electron chi connectivity index (χ2n) is 2.38. The Balaban J connectivity index is 2.76. The van der Waals surface area contributed by atoms with Gasteiger partial charge in [0.05, 0.1) is 11.0 Å². The number of rotatable bonds is 1. The highest BCUT2D eigenvalue weighted by Gasteiger charge is 2.21. The lowest BCUT2D eigenvalue weighted by Gasteiger charge is -1.90. The van der Waals surface area contributed by atoms with Crippen molar-refractivity contribution in [3.05, 3.63) is 28.7 Å². The predicted octanol–water partition coefficient (Wildman–Crippen LogP) is 1.92. The van der Waals surface area contributed by atoms with Gasteiger partial charge in [0.25, 0.3) is 0 Å². The van der Waals surface area contributed by atoms with Gasteiger partial charge in [0.15, 0.2) is 0 Å². The number of benzene rings is 1. The number of nitro groups is 1. The maximum atomic E-state index is 10.4. The summed E-state index contributed by atoms with van der Waals surface area (Å²) in [5.41, 5.74) is 0.0882. The number of fused-ring (bicyclic) bond motifs is 1. The van der Waals surface area contributed by atoms with Crippen LogP contribution in [0.2, 0.25) is 0 Å². The first-order valence-corrected chi connectivity index (χ1v) is 3.35. The van der Waals surface area contributed by atoms with E-state index in [9.17, 15) is 10.1 Å². The number of hydrogen-bond donors (Lipinski definition) is 1. The highest BCUT2D eigenvalue weighted by molar-refractivity contribution is 5.76. The van der Waals surface area contributed by atoms with Crippen LogP contribution in [0.1, 0.15) is 0 Å². The summed E-state index contributed by atoms with van der Waals surface area (Å²) in [5.74, 6) is -0.442. The Labute approximate surface area is 71.2 Å². The summed E-state index contributed by atoms with van der Waals surface area (Å²) in [7, 11) is 0.